The van der Waals surface area contributed by atoms with Crippen LogP contribution in [0.5, 0.6) is 0 Å². The van der Waals surface area contributed by atoms with Gasteiger partial charge < -0.3 is 4.74 Å². The Hall–Kier alpha value is -1.84. The zero-order chi connectivity index (χ0) is 15.9. The number of halogens is 3. The Balaban J connectivity index is 2.06. The van der Waals surface area contributed by atoms with E-state index in [1.54, 1.807) is 0 Å². The summed E-state index contributed by atoms with van der Waals surface area (Å²) in [6.45, 7) is 1.09. The summed E-state index contributed by atoms with van der Waals surface area (Å²) >= 11 is 0. The maximum Gasteiger partial charge on any atom is 0.416 e. The van der Waals surface area contributed by atoms with Crippen molar-refractivity contribution in [3.63, 3.8) is 0 Å². The lowest BCUT2D eigenvalue weighted by atomic mass is 9.87. The number of nitriles is 1. The second-order valence-corrected chi connectivity index (χ2v) is 5.69. The van der Waals surface area contributed by atoms with Crippen molar-refractivity contribution in [1.82, 2.24) is 4.90 Å². The van der Waals surface area contributed by atoms with Crippen molar-refractivity contribution in [2.75, 3.05) is 20.3 Å². The molecule has 3 rings (SSSR count). The molecule has 1 saturated heterocycles. The third-order valence-corrected chi connectivity index (χ3v) is 4.36. The van der Waals surface area contributed by atoms with Gasteiger partial charge in [0, 0.05) is 6.04 Å². The van der Waals surface area contributed by atoms with Crippen molar-refractivity contribution in [3.05, 3.63) is 41.0 Å². The molecule has 1 fully saturated rings. The molecule has 0 amide bonds. The first kappa shape index (κ1) is 15.1. The molecular formula is C16H15F3N2O. The molecule has 2 bridgehead atoms. The molecule has 22 heavy (non-hydrogen) atoms. The molecule has 2 aliphatic rings. The lowest BCUT2D eigenvalue weighted by molar-refractivity contribution is -0.137. The van der Waals surface area contributed by atoms with Crippen molar-refractivity contribution in [2.24, 2.45) is 0 Å². The number of ether oxygens (including phenoxy) is 1. The van der Waals surface area contributed by atoms with Crippen LogP contribution in [0.15, 0.2) is 24.3 Å². The summed E-state index contributed by atoms with van der Waals surface area (Å²) in [6, 6.07) is 5.48. The van der Waals surface area contributed by atoms with Crippen molar-refractivity contribution in [2.45, 2.75) is 24.7 Å². The monoisotopic (exact) mass is 308 g/mol. The van der Waals surface area contributed by atoms with Crippen molar-refractivity contribution in [3.8, 4) is 6.07 Å². The maximum absolute atomic E-state index is 12.9. The summed E-state index contributed by atoms with van der Waals surface area (Å²) in [5.74, 6) is 0. The van der Waals surface area contributed by atoms with E-state index in [0.717, 1.165) is 17.7 Å². The first-order valence-corrected chi connectivity index (χ1v) is 7.02. The molecule has 116 valence electrons. The molecule has 0 spiro atoms. The van der Waals surface area contributed by atoms with Crippen molar-refractivity contribution in [1.29, 1.82) is 5.26 Å². The van der Waals surface area contributed by atoms with Crippen molar-refractivity contribution >= 4 is 5.57 Å². The lowest BCUT2D eigenvalue weighted by Crippen LogP contribution is -2.51. The van der Waals surface area contributed by atoms with Gasteiger partial charge >= 0.3 is 6.18 Å². The van der Waals surface area contributed by atoms with Gasteiger partial charge in [-0.05, 0) is 42.8 Å². The number of nitrogens with zero attached hydrogens (tertiary/aromatic N) is 2. The molecule has 2 aliphatic heterocycles. The molecular weight excluding hydrogens is 293 g/mol. The quantitative estimate of drug-likeness (QED) is 0.800. The Morgan fingerprint density at radius 1 is 1.32 bits per heavy atom. The number of rotatable bonds is 1. The van der Waals surface area contributed by atoms with Crippen molar-refractivity contribution < 1.29 is 17.9 Å². The first-order valence-electron chi connectivity index (χ1n) is 7.02. The number of alkyl halides is 3. The topological polar surface area (TPSA) is 36.3 Å². The molecule has 2 atom stereocenters. The fourth-order valence-corrected chi connectivity index (χ4v) is 3.04. The average molecular weight is 308 g/mol. The molecule has 2 heterocycles. The summed E-state index contributed by atoms with van der Waals surface area (Å²) in [5, 5.41) is 9.20. The smallest absolute Gasteiger partial charge is 0.378 e. The van der Waals surface area contributed by atoms with Crippen LogP contribution in [0.4, 0.5) is 13.2 Å². The third-order valence-electron chi connectivity index (χ3n) is 4.36. The zero-order valence-electron chi connectivity index (χ0n) is 12.0. The molecule has 2 unspecified atom stereocenters. The molecule has 0 saturated carbocycles. The number of hydrogen-bond donors (Lipinski definition) is 0. The largest absolute Gasteiger partial charge is 0.416 e. The van der Waals surface area contributed by atoms with Gasteiger partial charge in [0.15, 0.2) is 0 Å². The maximum atomic E-state index is 12.9. The minimum absolute atomic E-state index is 0.0450. The molecule has 0 aromatic heterocycles. The Bertz CT molecular complexity index is 660. The number of benzene rings is 1. The van der Waals surface area contributed by atoms with Crippen LogP contribution in [0.3, 0.4) is 0 Å². The van der Waals surface area contributed by atoms with Gasteiger partial charge in [0.1, 0.15) is 0 Å². The second kappa shape index (κ2) is 5.41. The minimum Gasteiger partial charge on any atom is -0.378 e. The lowest BCUT2D eigenvalue weighted by Gasteiger charge is -2.42. The van der Waals surface area contributed by atoms with Crippen LogP contribution in [-0.2, 0) is 10.9 Å². The number of fused-ring (bicyclic) bond motifs is 2. The summed E-state index contributed by atoms with van der Waals surface area (Å²) in [6.07, 6.45) is -1.90. The van der Waals surface area contributed by atoms with E-state index in [2.05, 4.69) is 4.90 Å². The van der Waals surface area contributed by atoms with Gasteiger partial charge in [0.2, 0.25) is 0 Å². The highest BCUT2D eigenvalue weighted by molar-refractivity contribution is 5.73. The van der Waals surface area contributed by atoms with Crippen LogP contribution in [0.1, 0.15) is 23.1 Å². The summed E-state index contributed by atoms with van der Waals surface area (Å²) in [7, 11) is 1.99. The van der Waals surface area contributed by atoms with E-state index in [1.165, 1.54) is 6.07 Å². The highest BCUT2D eigenvalue weighted by atomic mass is 19.4. The van der Waals surface area contributed by atoms with Gasteiger partial charge in [0.05, 0.1) is 36.5 Å². The van der Waals surface area contributed by atoms with Crippen LogP contribution < -0.4 is 0 Å². The minimum atomic E-state index is -4.41. The Kier molecular flexibility index (Phi) is 3.71. The standard InChI is InChI=1S/C16H15F3N2O/c1-21-13-4-11(5-14(21)9-22-8-13)15-6-12(16(17,18)19)3-2-10(15)7-20/h2-4,6,13-14H,5,8-9H2,1H3. The number of morpholine rings is 1. The van der Waals surface area contributed by atoms with Gasteiger partial charge in [-0.1, -0.05) is 6.08 Å². The molecule has 0 aliphatic carbocycles. The average Bonchev–Trinajstić information content (AvgIpc) is 2.45. The van der Waals surface area contributed by atoms with E-state index in [9.17, 15) is 18.4 Å². The van der Waals surface area contributed by atoms with Crippen LogP contribution >= 0.6 is 0 Å². The van der Waals surface area contributed by atoms with Gasteiger partial charge in [0.25, 0.3) is 0 Å². The number of hydrogen-bond acceptors (Lipinski definition) is 3. The molecule has 1 aromatic rings. The Labute approximate surface area is 126 Å². The van der Waals surface area contributed by atoms with Crippen LogP contribution in [0.25, 0.3) is 5.57 Å². The fourth-order valence-electron chi connectivity index (χ4n) is 3.04. The summed E-state index contributed by atoms with van der Waals surface area (Å²) < 4.78 is 44.3. The van der Waals surface area contributed by atoms with Gasteiger partial charge in [-0.15, -0.1) is 0 Å². The van der Waals surface area contributed by atoms with Crippen LogP contribution in [-0.4, -0.2) is 37.2 Å². The van der Waals surface area contributed by atoms with E-state index < -0.39 is 11.7 Å². The Morgan fingerprint density at radius 3 is 2.73 bits per heavy atom. The molecule has 1 aromatic carbocycles. The van der Waals surface area contributed by atoms with E-state index >= 15 is 0 Å². The highest BCUT2D eigenvalue weighted by Gasteiger charge is 2.35. The molecule has 6 heteroatoms. The molecule has 0 N–H and O–H groups in total. The molecule has 3 nitrogen and oxygen atoms in total. The van der Waals surface area contributed by atoms with Crippen LogP contribution in [0, 0.1) is 11.3 Å². The van der Waals surface area contributed by atoms with Gasteiger partial charge in [-0.3, -0.25) is 4.90 Å². The first-order chi connectivity index (χ1) is 10.4. The summed E-state index contributed by atoms with van der Waals surface area (Å²) in [4.78, 5) is 2.17. The summed E-state index contributed by atoms with van der Waals surface area (Å²) in [5.41, 5.74) is 0.756. The van der Waals surface area contributed by atoms with Gasteiger partial charge in [-0.2, -0.15) is 18.4 Å². The van der Waals surface area contributed by atoms with E-state index in [0.29, 0.717) is 25.2 Å². The SMILES string of the molecule is CN1C2C=C(c3cc(C(F)(F)F)ccc3C#N)CC1COC2. The second-order valence-electron chi connectivity index (χ2n) is 5.69. The van der Waals surface area contributed by atoms with Crippen LogP contribution in [0.2, 0.25) is 0 Å². The van der Waals surface area contributed by atoms with Gasteiger partial charge in [-0.25, -0.2) is 0 Å². The zero-order valence-corrected chi connectivity index (χ0v) is 12.0. The molecule has 0 radical (unpaired) electrons. The third kappa shape index (κ3) is 2.62. The fraction of sp³-hybridized carbons (Fsp3) is 0.438. The number of likely N-dealkylation sites (N-methyl/N-ethyl adjacent to an activating group) is 1. The predicted molar refractivity (Wildman–Crippen MR) is 74.9 cm³/mol. The predicted octanol–water partition coefficient (Wildman–Crippen LogP) is 3.06. The normalized spacial score (nSPS) is 25.5. The van der Waals surface area contributed by atoms with E-state index in [4.69, 9.17) is 4.74 Å². The van der Waals surface area contributed by atoms with E-state index in [1.807, 2.05) is 19.2 Å². The highest BCUT2D eigenvalue weighted by Crippen LogP contribution is 2.36. The Morgan fingerprint density at radius 2 is 2.09 bits per heavy atom. The van der Waals surface area contributed by atoms with E-state index in [-0.39, 0.29) is 17.6 Å².